The van der Waals surface area contributed by atoms with Gasteiger partial charge in [-0.25, -0.2) is 0 Å². The van der Waals surface area contributed by atoms with Crippen molar-refractivity contribution in [1.82, 2.24) is 0 Å². The average Bonchev–Trinajstić information content (AvgIpc) is 2.59. The van der Waals surface area contributed by atoms with E-state index < -0.39 is 50.5 Å². The molecular weight excluding hydrogens is 262 g/mol. The monoisotopic (exact) mass is 304 g/mol. The molecule has 3 nitrogen and oxygen atoms in total. The van der Waals surface area contributed by atoms with E-state index >= 15 is 0 Å². The van der Waals surface area contributed by atoms with Gasteiger partial charge in [-0.15, -0.1) is 0 Å². The lowest BCUT2D eigenvalue weighted by Crippen LogP contribution is -2.48. The van der Waals surface area contributed by atoms with Crippen molar-refractivity contribution in [2.24, 2.45) is 0 Å². The molecule has 0 radical (unpaired) electrons. The summed E-state index contributed by atoms with van der Waals surface area (Å²) in [6.45, 7) is -11.2. The van der Waals surface area contributed by atoms with Crippen LogP contribution in [-0.2, 0) is 0 Å². The van der Waals surface area contributed by atoms with Crippen molar-refractivity contribution in [1.29, 1.82) is 0 Å². The van der Waals surface area contributed by atoms with E-state index in [0.29, 0.717) is 18.4 Å². The van der Waals surface area contributed by atoms with Crippen LogP contribution in [0.2, 0.25) is 0 Å². The number of nitrogens with zero attached hydrogens (tertiary/aromatic N) is 1. The van der Waals surface area contributed by atoms with Crippen LogP contribution in [0, 0.1) is 0 Å². The summed E-state index contributed by atoms with van der Waals surface area (Å²) in [4.78, 5) is 0. The van der Waals surface area contributed by atoms with Gasteiger partial charge >= 0.3 is 0 Å². The van der Waals surface area contributed by atoms with Crippen molar-refractivity contribution in [3.8, 4) is 5.75 Å². The summed E-state index contributed by atoms with van der Waals surface area (Å²) in [5.41, 5.74) is -1.23. The summed E-state index contributed by atoms with van der Waals surface area (Å²) in [5, 5.41) is 11.5. The average molecular weight is 305 g/mol. The molecule has 1 aromatic rings. The molecule has 1 aromatic carbocycles. The number of ether oxygens (including phenoxy) is 1. The van der Waals surface area contributed by atoms with Crippen molar-refractivity contribution >= 4 is 0 Å². The fraction of sp³-hybridized carbons (Fsp3) is 0.667. The fourth-order valence-corrected chi connectivity index (χ4v) is 3.14. The molecular formula is C18H30NO2+. The predicted molar refractivity (Wildman–Crippen MR) is 86.7 cm³/mol. The van der Waals surface area contributed by atoms with Gasteiger partial charge in [-0.2, -0.15) is 0 Å². The van der Waals surface area contributed by atoms with Crippen LogP contribution in [0.1, 0.15) is 60.0 Å². The van der Waals surface area contributed by atoms with E-state index in [2.05, 4.69) is 0 Å². The molecule has 1 aliphatic carbocycles. The molecule has 0 aromatic heterocycles. The first kappa shape index (κ1) is 6.59. The van der Waals surface area contributed by atoms with E-state index in [-0.39, 0.29) is 18.6 Å². The van der Waals surface area contributed by atoms with Crippen molar-refractivity contribution in [3.63, 3.8) is 0 Å². The summed E-state index contributed by atoms with van der Waals surface area (Å²) in [6, 6.07) is 5.45. The highest BCUT2D eigenvalue weighted by Gasteiger charge is 2.41. The second-order valence-corrected chi connectivity index (χ2v) is 5.88. The second-order valence-electron chi connectivity index (χ2n) is 5.88. The Balaban J connectivity index is 2.65. The zero-order chi connectivity index (χ0) is 25.5. The lowest BCUT2D eigenvalue weighted by Gasteiger charge is -2.42. The van der Waals surface area contributed by atoms with Crippen LogP contribution in [0.25, 0.3) is 0 Å². The first-order valence-electron chi connectivity index (χ1n) is 13.1. The van der Waals surface area contributed by atoms with Gasteiger partial charge in [-0.1, -0.05) is 31.4 Å². The fourth-order valence-electron chi connectivity index (χ4n) is 3.14. The molecule has 0 saturated heterocycles. The second kappa shape index (κ2) is 6.37. The maximum absolute atomic E-state index is 11.5. The largest absolute Gasteiger partial charge is 0.497 e. The molecule has 0 bridgehead atoms. The van der Waals surface area contributed by atoms with Crippen LogP contribution in [0.3, 0.4) is 0 Å². The van der Waals surface area contributed by atoms with Gasteiger partial charge in [0.25, 0.3) is 0 Å². The van der Waals surface area contributed by atoms with Crippen LogP contribution in [0.4, 0.5) is 0 Å². The zero-order valence-corrected chi connectivity index (χ0v) is 11.9. The van der Waals surface area contributed by atoms with Crippen molar-refractivity contribution in [2.45, 2.75) is 43.6 Å². The van der Waals surface area contributed by atoms with Crippen molar-refractivity contribution in [3.05, 3.63) is 29.8 Å². The van der Waals surface area contributed by atoms with E-state index in [1.807, 2.05) is 0 Å². The Kier molecular flexibility index (Phi) is 2.00. The molecule has 21 heavy (non-hydrogen) atoms. The van der Waals surface area contributed by atoms with Crippen molar-refractivity contribution in [2.75, 3.05) is 34.5 Å². The lowest BCUT2D eigenvalue weighted by molar-refractivity contribution is -0.872. The van der Waals surface area contributed by atoms with Gasteiger partial charge in [0.05, 0.1) is 62.5 Å². The lowest BCUT2D eigenvalue weighted by atomic mass is 9.72. The Labute approximate surface area is 146 Å². The Morgan fingerprint density at radius 1 is 1.19 bits per heavy atom. The summed E-state index contributed by atoms with van der Waals surface area (Å²) in [6.07, 6.45) is 2.55. The van der Waals surface area contributed by atoms with E-state index in [0.717, 1.165) is 6.42 Å². The molecule has 118 valence electrons. The van der Waals surface area contributed by atoms with Crippen molar-refractivity contribution < 1.29 is 30.8 Å². The molecule has 1 saturated carbocycles. The summed E-state index contributed by atoms with van der Waals surface area (Å²) < 4.78 is 95.7. The molecule has 0 spiro atoms. The molecule has 1 aliphatic rings. The van der Waals surface area contributed by atoms with Crippen LogP contribution >= 0.6 is 0 Å². The maximum atomic E-state index is 11.5. The zero-order valence-electron chi connectivity index (χ0n) is 23.9. The molecule has 0 amide bonds. The van der Waals surface area contributed by atoms with Gasteiger partial charge in [0, 0.05) is 0 Å². The molecule has 2 rings (SSSR count). The topological polar surface area (TPSA) is 29.5 Å². The number of likely N-dealkylation sites (N-methyl/N-ethyl adjacent to an activating group) is 1. The highest BCUT2D eigenvalue weighted by atomic mass is 16.5. The van der Waals surface area contributed by atoms with Crippen LogP contribution in [0.5, 0.6) is 5.75 Å². The number of hydrogen-bond acceptors (Lipinski definition) is 2. The minimum absolute atomic E-state index is 0.00338. The number of methoxy groups -OCH3 is 1. The third-order valence-corrected chi connectivity index (χ3v) is 4.22. The number of rotatable bonds is 5. The standard InChI is InChI=1S/C18H30NO2/c1-19(2,3)14-17(18(20)12-6-5-7-13-18)15-8-10-16(21-4)11-9-15/h8-11,17,20H,5-7,12-14H2,1-4H3/q+1/i1D3,2D3,3D3,4D3. The highest BCUT2D eigenvalue weighted by Crippen LogP contribution is 2.41. The third-order valence-electron chi connectivity index (χ3n) is 4.22. The Hall–Kier alpha value is -1.06. The minimum atomic E-state index is -3.44. The third kappa shape index (κ3) is 4.21. The van der Waals surface area contributed by atoms with E-state index in [1.54, 1.807) is 0 Å². The van der Waals surface area contributed by atoms with Gasteiger partial charge in [0.2, 0.25) is 0 Å². The first-order chi connectivity index (χ1) is 14.7. The predicted octanol–water partition coefficient (Wildman–Crippen LogP) is 3.18. The smallest absolute Gasteiger partial charge is 0.118 e. The molecule has 1 unspecified atom stereocenters. The minimum Gasteiger partial charge on any atom is -0.497 e. The van der Waals surface area contributed by atoms with Gasteiger partial charge in [-0.05, 0) is 30.5 Å². The number of aliphatic hydroxyl groups is 1. The molecule has 1 fully saturated rings. The normalized spacial score (nSPS) is 30.9. The number of benzene rings is 1. The molecule has 1 N–H and O–H groups in total. The van der Waals surface area contributed by atoms with Crippen LogP contribution in [0.15, 0.2) is 24.3 Å². The van der Waals surface area contributed by atoms with E-state index in [1.165, 1.54) is 24.3 Å². The maximum Gasteiger partial charge on any atom is 0.118 e. The molecule has 0 aliphatic heterocycles. The molecule has 1 atom stereocenters. The van der Waals surface area contributed by atoms with Crippen LogP contribution < -0.4 is 4.74 Å². The molecule has 3 heteroatoms. The summed E-state index contributed by atoms with van der Waals surface area (Å²) >= 11 is 0. The quantitative estimate of drug-likeness (QED) is 0.847. The first-order valence-corrected chi connectivity index (χ1v) is 7.13. The Morgan fingerprint density at radius 3 is 2.43 bits per heavy atom. The molecule has 0 heterocycles. The number of quaternary nitrogens is 1. The summed E-state index contributed by atoms with van der Waals surface area (Å²) in [5.74, 6) is -1.16. The van der Waals surface area contributed by atoms with Gasteiger partial charge in [0.15, 0.2) is 0 Å². The highest BCUT2D eigenvalue weighted by molar-refractivity contribution is 5.31. The Bertz CT molecular complexity index is 753. The van der Waals surface area contributed by atoms with Gasteiger partial charge in [-0.3, -0.25) is 0 Å². The number of hydrogen-bond donors (Lipinski definition) is 1. The Morgan fingerprint density at radius 2 is 1.86 bits per heavy atom. The van der Waals surface area contributed by atoms with E-state index in [9.17, 15) is 5.11 Å². The van der Waals surface area contributed by atoms with Gasteiger partial charge < -0.3 is 14.3 Å². The van der Waals surface area contributed by atoms with E-state index in [4.69, 9.17) is 21.2 Å². The summed E-state index contributed by atoms with van der Waals surface area (Å²) in [7, 11) is -2.70. The van der Waals surface area contributed by atoms with Crippen LogP contribution in [-0.4, -0.2) is 49.7 Å². The SMILES string of the molecule is [2H]C([2H])([2H])Oc1ccc(C(C[N+](C([2H])([2H])[2H])(C([2H])([2H])[2H])C([2H])([2H])[2H])C2(O)CCCCC2)cc1. The van der Waals surface area contributed by atoms with Gasteiger partial charge in [0.1, 0.15) is 5.75 Å².